The van der Waals surface area contributed by atoms with Gasteiger partial charge in [0.2, 0.25) is 11.8 Å². The van der Waals surface area contributed by atoms with Crippen molar-refractivity contribution in [2.45, 2.75) is 180 Å². The molecule has 0 radical (unpaired) electrons. The quantitative estimate of drug-likeness (QED) is 0.0923. The van der Waals surface area contributed by atoms with E-state index >= 15 is 14.0 Å². The summed E-state index contributed by atoms with van der Waals surface area (Å²) in [6, 6.07) is 13.3. The lowest BCUT2D eigenvalue weighted by Gasteiger charge is -2.45. The number of likely N-dealkylation sites (tertiary alicyclic amines) is 2. The number of pyridine rings is 1. The van der Waals surface area contributed by atoms with Crippen molar-refractivity contribution in [3.05, 3.63) is 71.0 Å². The zero-order valence-corrected chi connectivity index (χ0v) is 49.9. The van der Waals surface area contributed by atoms with Gasteiger partial charge in [-0.3, -0.25) is 44.3 Å². The lowest BCUT2D eigenvalue weighted by atomic mass is 9.84. The summed E-state index contributed by atoms with van der Waals surface area (Å²) in [5.41, 5.74) is 11.8. The molecule has 2 saturated carbocycles. The molecular formula is C66H89FN10O6. The van der Waals surface area contributed by atoms with Crippen LogP contribution in [0.25, 0.3) is 33.3 Å². The molecule has 9 aliphatic rings. The van der Waals surface area contributed by atoms with Gasteiger partial charge in [0, 0.05) is 105 Å². The lowest BCUT2D eigenvalue weighted by molar-refractivity contribution is -0.155. The lowest BCUT2D eigenvalue weighted by Crippen LogP contribution is -2.62. The van der Waals surface area contributed by atoms with E-state index in [9.17, 15) is 9.59 Å². The van der Waals surface area contributed by atoms with Crippen molar-refractivity contribution in [2.75, 3.05) is 77.5 Å². The summed E-state index contributed by atoms with van der Waals surface area (Å²) in [6.07, 6.45) is 15.4. The van der Waals surface area contributed by atoms with Crippen LogP contribution in [-0.4, -0.2) is 162 Å². The Kier molecular flexibility index (Phi) is 15.8. The van der Waals surface area contributed by atoms with Crippen molar-refractivity contribution < 1.29 is 33.0 Å². The number of fused-ring (bicyclic) bond motifs is 7. The summed E-state index contributed by atoms with van der Waals surface area (Å²) in [5.74, 6) is 0.0734. The molecule has 0 unspecified atom stereocenters. The van der Waals surface area contributed by atoms with E-state index in [0.717, 1.165) is 140 Å². The predicted octanol–water partition coefficient (Wildman–Crippen LogP) is 8.12. The number of piperazine rings is 1. The van der Waals surface area contributed by atoms with E-state index in [1.54, 1.807) is 7.11 Å². The van der Waals surface area contributed by atoms with Gasteiger partial charge in [0.1, 0.15) is 24.8 Å². The molecule has 2 aromatic heterocycles. The Hall–Kier alpha value is -5.46. The molecule has 3 N–H and O–H groups in total. The van der Waals surface area contributed by atoms with Gasteiger partial charge in [0.25, 0.3) is 5.91 Å². The summed E-state index contributed by atoms with van der Waals surface area (Å²) in [6.45, 7) is 16.0. The van der Waals surface area contributed by atoms with Crippen LogP contribution >= 0.6 is 0 Å². The third kappa shape index (κ3) is 11.4. The molecular weight excluding hydrogens is 1050 g/mol. The van der Waals surface area contributed by atoms with Crippen molar-refractivity contribution in [3.8, 4) is 22.4 Å². The number of alkyl halides is 1. The van der Waals surface area contributed by atoms with Crippen LogP contribution in [0.2, 0.25) is 0 Å². The van der Waals surface area contributed by atoms with E-state index in [1.165, 1.54) is 37.1 Å². The number of nitrogens with one attached hydrogen (secondary N) is 3. The third-order valence-electron chi connectivity index (χ3n) is 20.9. The minimum absolute atomic E-state index is 0.0474. The number of cyclic esters (lactones) is 1. The Balaban J connectivity index is 0.857. The van der Waals surface area contributed by atoms with Crippen LogP contribution in [0.15, 0.2) is 48.7 Å². The van der Waals surface area contributed by atoms with Gasteiger partial charge in [-0.25, -0.2) is 9.82 Å². The summed E-state index contributed by atoms with van der Waals surface area (Å²) in [7, 11) is 1.74. The Morgan fingerprint density at radius 3 is 2.52 bits per heavy atom. The molecule has 2 aliphatic carbocycles. The van der Waals surface area contributed by atoms with Gasteiger partial charge in [-0.15, -0.1) is 0 Å². The highest BCUT2D eigenvalue weighted by molar-refractivity contribution is 5.96. The highest BCUT2D eigenvalue weighted by Crippen LogP contribution is 2.47. The van der Waals surface area contributed by atoms with Crippen molar-refractivity contribution >= 4 is 40.3 Å². The number of carbonyl (C=O) groups is 4. The molecule has 13 rings (SSSR count). The fraction of sp³-hybridized carbons (Fsp3) is 0.652. The first-order chi connectivity index (χ1) is 40.2. The topological polar surface area (TPSA) is 167 Å². The molecule has 6 bridgehead atoms. The number of nitrogens with zero attached hydrogens (tertiary/aromatic N) is 7. The number of methoxy groups -OCH3 is 1. The Morgan fingerprint density at radius 1 is 0.904 bits per heavy atom. The summed E-state index contributed by atoms with van der Waals surface area (Å²) in [4.78, 5) is 73.6. The first-order valence-electron chi connectivity index (χ1n) is 31.9. The molecule has 4 aromatic rings. The molecule has 16 nitrogen and oxygen atoms in total. The van der Waals surface area contributed by atoms with Crippen LogP contribution in [0.1, 0.15) is 140 Å². The van der Waals surface area contributed by atoms with Crippen molar-refractivity contribution in [2.24, 2.45) is 22.7 Å². The van der Waals surface area contributed by atoms with Gasteiger partial charge in [0.05, 0.1) is 42.0 Å². The van der Waals surface area contributed by atoms with E-state index in [-0.39, 0.29) is 54.2 Å². The molecule has 7 aliphatic heterocycles. The average Bonchev–Trinajstić information content (AvgIpc) is 3.06. The van der Waals surface area contributed by atoms with Crippen LogP contribution in [0.5, 0.6) is 0 Å². The fourth-order valence-corrected chi connectivity index (χ4v) is 16.1. The molecule has 1 spiro atoms. The van der Waals surface area contributed by atoms with Crippen LogP contribution in [0, 0.1) is 22.7 Å². The molecule has 17 heteroatoms. The largest absolute Gasteiger partial charge is 0.464 e. The van der Waals surface area contributed by atoms with Crippen LogP contribution in [-0.2, 0) is 54.7 Å². The number of piperidine rings is 1. The SMILES string of the molecule is CCn1c(-c2cc(N3CCN4CCCC[C@@H]4C3)cnc2[C@H](C)OC)c2c3cc(ccc31)-c1cc(CF)cc(c1)C[C@H](NC(=O)[C@H](C1CCCC1)N1CC[C@]3(CCN(C(=O)[C@@H]4N[C@@H]4C4CC4)C3)C1)C(=O)N1CCC[C@H](N1)C(=O)OCC(C)(C)C2. The number of aryl methyl sites for hydroxylation is 1. The summed E-state index contributed by atoms with van der Waals surface area (Å²) in [5, 5.41) is 9.39. The van der Waals surface area contributed by atoms with Crippen molar-refractivity contribution in [3.63, 3.8) is 0 Å². The molecule has 6 saturated heterocycles. The fourth-order valence-electron chi connectivity index (χ4n) is 16.1. The number of hydrazine groups is 1. The number of halogens is 1. The molecule has 8 fully saturated rings. The second kappa shape index (κ2) is 23.1. The van der Waals surface area contributed by atoms with Crippen LogP contribution < -0.4 is 21.0 Å². The van der Waals surface area contributed by atoms with Crippen molar-refractivity contribution in [1.29, 1.82) is 0 Å². The molecule has 8 atom stereocenters. The highest BCUT2D eigenvalue weighted by atomic mass is 19.1. The van der Waals surface area contributed by atoms with Gasteiger partial charge >= 0.3 is 5.97 Å². The van der Waals surface area contributed by atoms with Gasteiger partial charge < -0.3 is 29.2 Å². The average molecular weight is 1140 g/mol. The minimum Gasteiger partial charge on any atom is -0.464 e. The molecule has 83 heavy (non-hydrogen) atoms. The van der Waals surface area contributed by atoms with Gasteiger partial charge in [0.15, 0.2) is 0 Å². The monoisotopic (exact) mass is 1140 g/mol. The van der Waals surface area contributed by atoms with E-state index in [0.29, 0.717) is 62.5 Å². The zero-order valence-electron chi connectivity index (χ0n) is 49.9. The Morgan fingerprint density at radius 2 is 1.72 bits per heavy atom. The second-order valence-electron chi connectivity index (χ2n) is 27.4. The molecule has 3 amide bonds. The minimum atomic E-state index is -1.02. The number of hydrogen-bond donors (Lipinski definition) is 3. The van der Waals surface area contributed by atoms with Gasteiger partial charge in [-0.2, -0.15) is 0 Å². The maximum absolute atomic E-state index is 15.4. The number of hydrogen-bond acceptors (Lipinski definition) is 12. The van der Waals surface area contributed by atoms with E-state index in [4.69, 9.17) is 14.5 Å². The summed E-state index contributed by atoms with van der Waals surface area (Å²) < 4.78 is 30.2. The molecule has 9 heterocycles. The maximum Gasteiger partial charge on any atom is 0.324 e. The number of benzene rings is 2. The normalized spacial score (nSPS) is 28.8. The van der Waals surface area contributed by atoms with Crippen molar-refractivity contribution in [1.82, 2.24) is 45.3 Å². The standard InChI is InChI=1S/C66H89FN10O6/c1-6-76-55-19-18-46-32-50(55)52(60(76)51-33-49(36-68-56(51)41(2)82-5)73-27-26-72-22-10-9-14-48(72)37-73)34-65(3,4)40-83-64(81)53-15-11-23-77(71-53)62(79)54(31-42-28-43(35-67)30-47(46)29-42)69-61(78)59(45-12-7-8-13-45)74-24-20-66(38-74)21-25-75(39-66)63(80)58-57(70-58)44-16-17-44/h18-19,28-30,32-33,36,41,44-45,48,53-54,57-59,70-71H,6-17,20-27,31,34-35,37-40H2,1-5H3,(H,69,78)/t41-,48+,53-,54-,57+,58+,59-,66-/m0/s1. The number of amides is 3. The maximum atomic E-state index is 15.4. The molecule has 2 aromatic carbocycles. The van der Waals surface area contributed by atoms with Gasteiger partial charge in [-0.05, 0) is 161 Å². The van der Waals surface area contributed by atoms with E-state index in [1.807, 2.05) is 18.3 Å². The summed E-state index contributed by atoms with van der Waals surface area (Å²) >= 11 is 0. The number of rotatable bonds is 12. The molecule has 446 valence electrons. The zero-order chi connectivity index (χ0) is 57.3. The van der Waals surface area contributed by atoms with Gasteiger partial charge in [-0.1, -0.05) is 51.3 Å². The smallest absolute Gasteiger partial charge is 0.324 e. The predicted molar refractivity (Wildman–Crippen MR) is 319 cm³/mol. The highest BCUT2D eigenvalue weighted by Gasteiger charge is 2.55. The van der Waals surface area contributed by atoms with E-state index < -0.39 is 36.2 Å². The number of carbonyl (C=O) groups excluding carboxylic acids is 4. The third-order valence-corrected chi connectivity index (χ3v) is 20.9. The second-order valence-corrected chi connectivity index (χ2v) is 27.4. The number of anilines is 1. The number of esters is 1. The first-order valence-corrected chi connectivity index (χ1v) is 31.9. The van der Waals surface area contributed by atoms with E-state index in [2.05, 4.69) is 98.3 Å². The Labute approximate surface area is 489 Å². The number of aromatic nitrogens is 2. The first kappa shape index (κ1) is 56.7. The van der Waals surface area contributed by atoms with Crippen LogP contribution in [0.4, 0.5) is 10.1 Å². The number of ether oxygens (including phenoxy) is 2. The van der Waals surface area contributed by atoms with Crippen LogP contribution in [0.3, 0.4) is 0 Å². The Bertz CT molecular complexity index is 3120.